The Balaban J connectivity index is 2.74. The molecule has 0 aliphatic heterocycles. The van der Waals surface area contributed by atoms with Crippen LogP contribution in [0, 0.1) is 5.92 Å². The van der Waals surface area contributed by atoms with E-state index >= 15 is 0 Å². The van der Waals surface area contributed by atoms with E-state index in [-0.39, 0.29) is 11.5 Å². The van der Waals surface area contributed by atoms with Gasteiger partial charge in [0.05, 0.1) is 10.5 Å². The molecule has 0 aromatic heterocycles. The van der Waals surface area contributed by atoms with Crippen molar-refractivity contribution in [3.8, 4) is 0 Å². The predicted molar refractivity (Wildman–Crippen MR) is 82.4 cm³/mol. The van der Waals surface area contributed by atoms with Crippen LogP contribution in [-0.2, 0) is 19.4 Å². The smallest absolute Gasteiger partial charge is 0.341 e. The fourth-order valence-corrected chi connectivity index (χ4v) is 2.34. The van der Waals surface area contributed by atoms with E-state index in [1.54, 1.807) is 0 Å². The molecule has 0 fully saturated rings. The molecule has 1 atom stereocenters. The molecule has 0 spiro atoms. The van der Waals surface area contributed by atoms with Gasteiger partial charge in [0.1, 0.15) is 0 Å². The molecule has 6 nitrogen and oxygen atoms in total. The summed E-state index contributed by atoms with van der Waals surface area (Å²) in [6.45, 7) is 5.64. The number of carbonyl (C=O) groups is 2. The van der Waals surface area contributed by atoms with Crippen molar-refractivity contribution in [2.45, 2.75) is 37.5 Å². The van der Waals surface area contributed by atoms with Crippen LogP contribution in [0.25, 0.3) is 0 Å². The van der Waals surface area contributed by atoms with Gasteiger partial charge in [-0.1, -0.05) is 13.8 Å². The summed E-state index contributed by atoms with van der Waals surface area (Å²) in [6, 6.07) is 3.88. The van der Waals surface area contributed by atoms with Gasteiger partial charge in [-0.05, 0) is 37.1 Å². The van der Waals surface area contributed by atoms with E-state index in [1.807, 2.05) is 13.8 Å². The quantitative estimate of drug-likeness (QED) is 0.749. The van der Waals surface area contributed by atoms with Gasteiger partial charge in [-0.3, -0.25) is 4.79 Å². The van der Waals surface area contributed by atoms with Crippen LogP contribution in [0.3, 0.4) is 0 Å². The second kappa shape index (κ2) is 8.18. The van der Waals surface area contributed by atoms with Gasteiger partial charge in [0.25, 0.3) is 5.91 Å². The van der Waals surface area contributed by atoms with E-state index in [0.29, 0.717) is 6.54 Å². The third-order valence-electron chi connectivity index (χ3n) is 2.99. The van der Waals surface area contributed by atoms with Crippen molar-refractivity contribution in [2.24, 2.45) is 5.92 Å². The Kier molecular flexibility index (Phi) is 6.82. The minimum Gasteiger partial charge on any atom is -0.449 e. The number of amides is 1. The summed E-state index contributed by atoms with van der Waals surface area (Å²) in [5.74, 6) is -4.63. The number of carbonyl (C=O) groups excluding carboxylic acids is 2. The van der Waals surface area contributed by atoms with E-state index in [4.69, 9.17) is 4.74 Å². The molecule has 1 rings (SSSR count). The Morgan fingerprint density at radius 3 is 2.12 bits per heavy atom. The lowest BCUT2D eigenvalue weighted by atomic mass is 10.2. The van der Waals surface area contributed by atoms with Gasteiger partial charge in [0, 0.05) is 6.54 Å². The molecular formula is C15H19F2NO5S. The normalized spacial score (nSPS) is 13.0. The summed E-state index contributed by atoms with van der Waals surface area (Å²) in [5, 5.41) is 2.60. The zero-order valence-electron chi connectivity index (χ0n) is 13.5. The fraction of sp³-hybridized carbons (Fsp3) is 0.467. The lowest BCUT2D eigenvalue weighted by Crippen LogP contribution is -2.37. The van der Waals surface area contributed by atoms with Crippen LogP contribution < -0.4 is 5.32 Å². The van der Waals surface area contributed by atoms with Crippen LogP contribution >= 0.6 is 0 Å². The average Bonchev–Trinajstić information content (AvgIpc) is 2.52. The summed E-state index contributed by atoms with van der Waals surface area (Å²) in [4.78, 5) is 23.0. The van der Waals surface area contributed by atoms with E-state index in [1.165, 1.54) is 6.92 Å². The van der Waals surface area contributed by atoms with Crippen LogP contribution in [0.2, 0.25) is 0 Å². The molecule has 0 bridgehead atoms. The second-order valence-corrected chi connectivity index (χ2v) is 7.43. The van der Waals surface area contributed by atoms with Crippen LogP contribution in [0.1, 0.15) is 31.1 Å². The average molecular weight is 363 g/mol. The topological polar surface area (TPSA) is 89.5 Å². The van der Waals surface area contributed by atoms with Gasteiger partial charge in [0.15, 0.2) is 6.10 Å². The fourth-order valence-electron chi connectivity index (χ4n) is 1.61. The maximum absolute atomic E-state index is 12.4. The number of benzene rings is 1. The molecule has 0 aliphatic carbocycles. The molecular weight excluding hydrogens is 344 g/mol. The first-order chi connectivity index (χ1) is 11.1. The molecule has 24 heavy (non-hydrogen) atoms. The van der Waals surface area contributed by atoms with Gasteiger partial charge < -0.3 is 10.1 Å². The Morgan fingerprint density at radius 2 is 1.67 bits per heavy atom. The summed E-state index contributed by atoms with van der Waals surface area (Å²) in [7, 11) is -4.72. The maximum atomic E-state index is 12.4. The van der Waals surface area contributed by atoms with E-state index in [9.17, 15) is 26.8 Å². The van der Waals surface area contributed by atoms with Crippen LogP contribution in [0.15, 0.2) is 29.2 Å². The first-order valence-corrected chi connectivity index (χ1v) is 8.71. The summed E-state index contributed by atoms with van der Waals surface area (Å²) in [5.41, 5.74) is -0.0493. The minimum atomic E-state index is -4.72. The summed E-state index contributed by atoms with van der Waals surface area (Å²) < 4.78 is 52.4. The number of nitrogens with one attached hydrogen (secondary N) is 1. The Bertz CT molecular complexity index is 686. The van der Waals surface area contributed by atoms with Crippen LogP contribution in [0.4, 0.5) is 8.78 Å². The number of hydrogen-bond donors (Lipinski definition) is 1. The monoisotopic (exact) mass is 363 g/mol. The molecule has 0 aliphatic rings. The largest absolute Gasteiger partial charge is 0.449 e. The van der Waals surface area contributed by atoms with E-state index in [0.717, 1.165) is 24.3 Å². The van der Waals surface area contributed by atoms with Crippen molar-refractivity contribution in [1.82, 2.24) is 5.32 Å². The molecule has 1 amide bonds. The minimum absolute atomic E-state index is 0.0493. The van der Waals surface area contributed by atoms with Crippen molar-refractivity contribution >= 4 is 21.7 Å². The Labute approximate surface area is 139 Å². The number of ether oxygens (including phenoxy) is 1. The third kappa shape index (κ3) is 5.26. The molecule has 0 saturated carbocycles. The summed E-state index contributed by atoms with van der Waals surface area (Å²) in [6.07, 6.45) is -1.04. The van der Waals surface area contributed by atoms with Gasteiger partial charge in [0.2, 0.25) is 9.84 Å². The van der Waals surface area contributed by atoms with E-state index < -0.39 is 38.5 Å². The van der Waals surface area contributed by atoms with Gasteiger partial charge >= 0.3 is 11.7 Å². The maximum Gasteiger partial charge on any atom is 0.341 e. The predicted octanol–water partition coefficient (Wildman–Crippen LogP) is 2.00. The number of sulfone groups is 1. The molecule has 0 unspecified atom stereocenters. The molecule has 1 N–H and O–H groups in total. The number of rotatable bonds is 7. The molecule has 9 heteroatoms. The highest BCUT2D eigenvalue weighted by Crippen LogP contribution is 2.19. The molecule has 1 aromatic rings. The zero-order chi connectivity index (χ0) is 18.5. The SMILES string of the molecule is CC(C)CNC(=O)[C@H](C)OC(=O)c1ccc(S(=O)(=O)C(F)F)cc1. The van der Waals surface area contributed by atoms with E-state index in [2.05, 4.69) is 5.32 Å². The lowest BCUT2D eigenvalue weighted by Gasteiger charge is -2.14. The van der Waals surface area contributed by atoms with Crippen molar-refractivity contribution < 1.29 is 31.5 Å². The van der Waals surface area contributed by atoms with Crippen molar-refractivity contribution in [2.75, 3.05) is 6.54 Å². The second-order valence-electron chi connectivity index (χ2n) is 5.52. The zero-order valence-corrected chi connectivity index (χ0v) is 14.3. The van der Waals surface area contributed by atoms with Crippen molar-refractivity contribution in [3.63, 3.8) is 0 Å². The Hall–Kier alpha value is -2.03. The number of halogens is 2. The molecule has 1 aromatic carbocycles. The molecule has 0 saturated heterocycles. The van der Waals surface area contributed by atoms with Gasteiger partial charge in [-0.15, -0.1) is 0 Å². The van der Waals surface area contributed by atoms with Gasteiger partial charge in [-0.2, -0.15) is 8.78 Å². The van der Waals surface area contributed by atoms with Crippen LogP contribution in [-0.4, -0.2) is 38.7 Å². The first-order valence-electron chi connectivity index (χ1n) is 7.16. The highest BCUT2D eigenvalue weighted by molar-refractivity contribution is 7.91. The Morgan fingerprint density at radius 1 is 1.12 bits per heavy atom. The molecule has 0 radical (unpaired) electrons. The van der Waals surface area contributed by atoms with Crippen LogP contribution in [0.5, 0.6) is 0 Å². The number of hydrogen-bond acceptors (Lipinski definition) is 5. The highest BCUT2D eigenvalue weighted by Gasteiger charge is 2.27. The molecule has 134 valence electrons. The number of esters is 1. The highest BCUT2D eigenvalue weighted by atomic mass is 32.2. The number of alkyl halides is 2. The molecule has 0 heterocycles. The standard InChI is InChI=1S/C15H19F2NO5S/c1-9(2)8-18-13(19)10(3)23-14(20)11-4-6-12(7-5-11)24(21,22)15(16)17/h4-7,9-10,15H,8H2,1-3H3,(H,18,19)/t10-/m0/s1. The lowest BCUT2D eigenvalue weighted by molar-refractivity contribution is -0.129. The first kappa shape index (κ1) is 20.0. The van der Waals surface area contributed by atoms with Crippen molar-refractivity contribution in [1.29, 1.82) is 0 Å². The van der Waals surface area contributed by atoms with Crippen molar-refractivity contribution in [3.05, 3.63) is 29.8 Å². The van der Waals surface area contributed by atoms with Gasteiger partial charge in [-0.25, -0.2) is 13.2 Å². The summed E-state index contributed by atoms with van der Waals surface area (Å²) >= 11 is 0. The third-order valence-corrected chi connectivity index (χ3v) is 4.39.